The quantitative estimate of drug-likeness (QED) is 0.0835. The molecule has 0 aliphatic carbocycles. The lowest BCUT2D eigenvalue weighted by molar-refractivity contribution is -0.384. The SMILES string of the molecule is CCOc1cc(/C=C2\SC(=S)N(c3ccc(Cl)cc3)C2=O)cc(I)c1OCc1ccc([N+](=O)[O-])cc1. The van der Waals surface area contributed by atoms with Crippen molar-refractivity contribution in [3.63, 3.8) is 0 Å². The summed E-state index contributed by atoms with van der Waals surface area (Å²) in [4.78, 5) is 25.5. The van der Waals surface area contributed by atoms with Gasteiger partial charge in [-0.15, -0.1) is 0 Å². The van der Waals surface area contributed by atoms with Gasteiger partial charge in [0.05, 0.1) is 25.7 Å². The van der Waals surface area contributed by atoms with Gasteiger partial charge in [0.2, 0.25) is 0 Å². The molecule has 1 amide bonds. The Morgan fingerprint density at radius 1 is 1.14 bits per heavy atom. The van der Waals surface area contributed by atoms with E-state index in [4.69, 9.17) is 33.3 Å². The van der Waals surface area contributed by atoms with Gasteiger partial charge in [0, 0.05) is 17.2 Å². The van der Waals surface area contributed by atoms with Crippen LogP contribution in [-0.2, 0) is 11.4 Å². The first kappa shape index (κ1) is 26.4. The normalized spacial score (nSPS) is 14.4. The lowest BCUT2D eigenvalue weighted by Crippen LogP contribution is -2.27. The maximum atomic E-state index is 13.1. The van der Waals surface area contributed by atoms with E-state index in [-0.39, 0.29) is 18.2 Å². The second-order valence-corrected chi connectivity index (χ2v) is 10.7. The van der Waals surface area contributed by atoms with E-state index in [1.165, 1.54) is 28.8 Å². The summed E-state index contributed by atoms with van der Waals surface area (Å²) in [6, 6.07) is 16.8. The summed E-state index contributed by atoms with van der Waals surface area (Å²) in [5.74, 6) is 0.881. The Labute approximate surface area is 235 Å². The van der Waals surface area contributed by atoms with Crippen molar-refractivity contribution in [3.05, 3.63) is 95.4 Å². The van der Waals surface area contributed by atoms with E-state index in [0.717, 1.165) is 14.7 Å². The molecule has 0 bridgehead atoms. The third-order valence-corrected chi connectivity index (χ3v) is 7.39. The van der Waals surface area contributed by atoms with Crippen molar-refractivity contribution in [2.24, 2.45) is 0 Å². The van der Waals surface area contributed by atoms with Gasteiger partial charge in [-0.3, -0.25) is 19.8 Å². The minimum atomic E-state index is -0.442. The molecule has 3 aromatic carbocycles. The topological polar surface area (TPSA) is 81.9 Å². The number of nitrogens with zero attached hydrogens (tertiary/aromatic N) is 2. The smallest absolute Gasteiger partial charge is 0.270 e. The Morgan fingerprint density at radius 3 is 2.47 bits per heavy atom. The lowest BCUT2D eigenvalue weighted by atomic mass is 10.1. The Hall–Kier alpha value is -2.67. The van der Waals surface area contributed by atoms with Gasteiger partial charge < -0.3 is 9.47 Å². The van der Waals surface area contributed by atoms with Crippen LogP contribution in [-0.4, -0.2) is 21.8 Å². The van der Waals surface area contributed by atoms with Crippen LogP contribution in [0.2, 0.25) is 5.02 Å². The van der Waals surface area contributed by atoms with Crippen LogP contribution in [0.1, 0.15) is 18.1 Å². The Bertz CT molecular complexity index is 1360. The number of nitro groups is 1. The molecule has 0 atom stereocenters. The summed E-state index contributed by atoms with van der Waals surface area (Å²) >= 11 is 14.8. The van der Waals surface area contributed by atoms with Crippen LogP contribution in [0.25, 0.3) is 6.08 Å². The van der Waals surface area contributed by atoms with Crippen molar-refractivity contribution < 1.29 is 19.2 Å². The molecule has 1 aliphatic heterocycles. The number of anilines is 1. The summed E-state index contributed by atoms with van der Waals surface area (Å²) < 4.78 is 13.1. The number of carbonyl (C=O) groups is 1. The van der Waals surface area contributed by atoms with E-state index in [2.05, 4.69) is 22.6 Å². The second-order valence-electron chi connectivity index (χ2n) is 7.47. The van der Waals surface area contributed by atoms with Crippen LogP contribution in [0.4, 0.5) is 11.4 Å². The predicted molar refractivity (Wildman–Crippen MR) is 155 cm³/mol. The number of thiocarbonyl (C=S) groups is 1. The third kappa shape index (κ3) is 6.00. The highest BCUT2D eigenvalue weighted by atomic mass is 127. The number of thioether (sulfide) groups is 1. The highest BCUT2D eigenvalue weighted by Crippen LogP contribution is 2.39. The molecule has 0 spiro atoms. The molecule has 0 saturated carbocycles. The first-order chi connectivity index (χ1) is 17.3. The van der Waals surface area contributed by atoms with Crippen molar-refractivity contribution in [2.75, 3.05) is 11.5 Å². The van der Waals surface area contributed by atoms with E-state index in [1.54, 1.807) is 42.5 Å². The van der Waals surface area contributed by atoms with Gasteiger partial charge in [0.1, 0.15) is 6.61 Å². The number of amides is 1. The summed E-state index contributed by atoms with van der Waals surface area (Å²) in [6.07, 6.45) is 1.78. The summed E-state index contributed by atoms with van der Waals surface area (Å²) in [5, 5.41) is 11.4. The van der Waals surface area contributed by atoms with Crippen LogP contribution in [0.5, 0.6) is 11.5 Å². The van der Waals surface area contributed by atoms with Gasteiger partial charge in [-0.05, 0) is 95.2 Å². The van der Waals surface area contributed by atoms with Gasteiger partial charge in [0.25, 0.3) is 11.6 Å². The molecule has 1 aliphatic rings. The number of halogens is 2. The van der Waals surface area contributed by atoms with E-state index in [1.807, 2.05) is 19.1 Å². The van der Waals surface area contributed by atoms with Gasteiger partial charge in [-0.25, -0.2) is 0 Å². The maximum Gasteiger partial charge on any atom is 0.270 e. The minimum absolute atomic E-state index is 0.0224. The fraction of sp³-hybridized carbons (Fsp3) is 0.120. The molecular weight excluding hydrogens is 635 g/mol. The molecule has 0 N–H and O–H groups in total. The van der Waals surface area contributed by atoms with Crippen LogP contribution in [0.15, 0.2) is 65.6 Å². The average molecular weight is 653 g/mol. The zero-order valence-electron chi connectivity index (χ0n) is 18.8. The number of benzene rings is 3. The number of ether oxygens (including phenoxy) is 2. The molecule has 1 heterocycles. The molecule has 4 rings (SSSR count). The molecular formula is C25H18ClIN2O5S2. The van der Waals surface area contributed by atoms with Crippen LogP contribution < -0.4 is 14.4 Å². The van der Waals surface area contributed by atoms with Gasteiger partial charge in [-0.2, -0.15) is 0 Å². The molecule has 36 heavy (non-hydrogen) atoms. The van der Waals surface area contributed by atoms with Crippen molar-refractivity contribution in [2.45, 2.75) is 13.5 Å². The maximum absolute atomic E-state index is 13.1. The van der Waals surface area contributed by atoms with Crippen LogP contribution >= 0.6 is 58.2 Å². The Morgan fingerprint density at radius 2 is 1.83 bits per heavy atom. The molecule has 3 aromatic rings. The van der Waals surface area contributed by atoms with Crippen molar-refractivity contribution in [3.8, 4) is 11.5 Å². The number of non-ortho nitro benzene ring substituents is 1. The van der Waals surface area contributed by atoms with Gasteiger partial charge in [0.15, 0.2) is 15.8 Å². The van der Waals surface area contributed by atoms with Crippen molar-refractivity contribution >= 4 is 85.9 Å². The number of hydrogen-bond donors (Lipinski definition) is 0. The van der Waals surface area contributed by atoms with E-state index < -0.39 is 4.92 Å². The number of nitro benzene ring substituents is 1. The fourth-order valence-electron chi connectivity index (χ4n) is 3.38. The van der Waals surface area contributed by atoms with Gasteiger partial charge >= 0.3 is 0 Å². The van der Waals surface area contributed by atoms with Crippen molar-refractivity contribution in [1.29, 1.82) is 0 Å². The zero-order chi connectivity index (χ0) is 25.8. The number of rotatable bonds is 8. The van der Waals surface area contributed by atoms with Crippen molar-refractivity contribution in [1.82, 2.24) is 0 Å². The lowest BCUT2D eigenvalue weighted by Gasteiger charge is -2.15. The molecule has 1 saturated heterocycles. The van der Waals surface area contributed by atoms with E-state index in [9.17, 15) is 14.9 Å². The molecule has 184 valence electrons. The molecule has 0 aromatic heterocycles. The largest absolute Gasteiger partial charge is 0.490 e. The standard InChI is InChI=1S/C25H18ClIN2O5S2/c1-2-33-21-12-16(11-20(27)23(21)34-14-15-3-7-19(8-4-15)29(31)32)13-22-24(30)28(25(35)36-22)18-9-5-17(26)6-10-18/h3-13H,2,14H2,1H3/b22-13-. The monoisotopic (exact) mass is 652 g/mol. The summed E-state index contributed by atoms with van der Waals surface area (Å²) in [5.41, 5.74) is 2.23. The third-order valence-electron chi connectivity index (χ3n) is 5.04. The zero-order valence-corrected chi connectivity index (χ0v) is 23.3. The molecule has 7 nitrogen and oxygen atoms in total. The van der Waals surface area contributed by atoms with E-state index in [0.29, 0.717) is 38.0 Å². The molecule has 11 heteroatoms. The highest BCUT2D eigenvalue weighted by molar-refractivity contribution is 14.1. The van der Waals surface area contributed by atoms with Gasteiger partial charge in [-0.1, -0.05) is 35.6 Å². The minimum Gasteiger partial charge on any atom is -0.490 e. The molecule has 1 fully saturated rings. The molecule has 0 unspecified atom stereocenters. The van der Waals surface area contributed by atoms with Crippen LogP contribution in [0.3, 0.4) is 0 Å². The summed E-state index contributed by atoms with van der Waals surface area (Å²) in [7, 11) is 0. The number of carbonyl (C=O) groups excluding carboxylic acids is 1. The predicted octanol–water partition coefficient (Wildman–Crippen LogP) is 7.24. The fourth-order valence-corrected chi connectivity index (χ4v) is 5.58. The number of hydrogen-bond acceptors (Lipinski definition) is 7. The average Bonchev–Trinajstić information content (AvgIpc) is 3.12. The first-order valence-electron chi connectivity index (χ1n) is 10.6. The Kier molecular flexibility index (Phi) is 8.50. The van der Waals surface area contributed by atoms with Crippen LogP contribution in [0, 0.1) is 13.7 Å². The molecule has 0 radical (unpaired) electrons. The first-order valence-corrected chi connectivity index (χ1v) is 13.3. The van der Waals surface area contributed by atoms with E-state index >= 15 is 0 Å². The Balaban J connectivity index is 1.57. The second kappa shape index (κ2) is 11.6. The summed E-state index contributed by atoms with van der Waals surface area (Å²) in [6.45, 7) is 2.51. The highest BCUT2D eigenvalue weighted by Gasteiger charge is 2.33.